The predicted molar refractivity (Wildman–Crippen MR) is 81.2 cm³/mol. The lowest BCUT2D eigenvalue weighted by atomic mass is 10.1. The van der Waals surface area contributed by atoms with Gasteiger partial charge in [0.1, 0.15) is 11.5 Å². The Morgan fingerprint density at radius 2 is 1.95 bits per heavy atom. The number of anilines is 1. The molecular weight excluding hydrogens is 284 g/mol. The quantitative estimate of drug-likeness (QED) is 0.500. The highest BCUT2D eigenvalue weighted by Gasteiger charge is 2.06. The highest BCUT2D eigenvalue weighted by molar-refractivity contribution is 5.85. The number of fused-ring (bicyclic) bond motifs is 1. The molecule has 0 unspecified atom stereocenters. The van der Waals surface area contributed by atoms with Gasteiger partial charge in [0.2, 0.25) is 0 Å². The third-order valence-corrected chi connectivity index (χ3v) is 3.24. The lowest BCUT2D eigenvalue weighted by Gasteiger charge is -2.05. The molecule has 22 heavy (non-hydrogen) atoms. The van der Waals surface area contributed by atoms with Crippen LogP contribution in [0.5, 0.6) is 11.5 Å². The molecule has 3 rings (SSSR count). The van der Waals surface area contributed by atoms with E-state index in [0.29, 0.717) is 28.4 Å². The van der Waals surface area contributed by atoms with E-state index in [-0.39, 0.29) is 11.5 Å². The van der Waals surface area contributed by atoms with Gasteiger partial charge in [-0.2, -0.15) is 9.62 Å². The van der Waals surface area contributed by atoms with Crippen molar-refractivity contribution < 1.29 is 10.2 Å². The van der Waals surface area contributed by atoms with Crippen LogP contribution in [-0.2, 0) is 0 Å². The Labute approximate surface area is 125 Å². The van der Waals surface area contributed by atoms with Crippen molar-refractivity contribution in [1.82, 2.24) is 19.8 Å². The van der Waals surface area contributed by atoms with Gasteiger partial charge in [-0.3, -0.25) is 5.43 Å². The van der Waals surface area contributed by atoms with Crippen molar-refractivity contribution in [2.75, 3.05) is 5.43 Å². The van der Waals surface area contributed by atoms with Crippen molar-refractivity contribution in [1.29, 1.82) is 0 Å². The second kappa shape index (κ2) is 5.32. The SMILES string of the molecule is Cc1c(O)ccc(C=NNc2ccc3nnc(C)n3n2)c1O. The molecule has 0 bridgehead atoms. The van der Waals surface area contributed by atoms with Gasteiger partial charge >= 0.3 is 0 Å². The Morgan fingerprint density at radius 3 is 2.77 bits per heavy atom. The minimum absolute atomic E-state index is 0.0105. The third-order valence-electron chi connectivity index (χ3n) is 3.24. The normalized spacial score (nSPS) is 11.4. The molecule has 0 fully saturated rings. The first-order valence-electron chi connectivity index (χ1n) is 6.56. The zero-order chi connectivity index (χ0) is 15.7. The zero-order valence-corrected chi connectivity index (χ0v) is 12.0. The van der Waals surface area contributed by atoms with Crippen molar-refractivity contribution in [2.45, 2.75) is 13.8 Å². The molecule has 8 nitrogen and oxygen atoms in total. The largest absolute Gasteiger partial charge is 0.508 e. The van der Waals surface area contributed by atoms with E-state index in [4.69, 9.17) is 0 Å². The number of phenols is 2. The molecule has 1 aromatic carbocycles. The lowest BCUT2D eigenvalue weighted by Crippen LogP contribution is -2.00. The summed E-state index contributed by atoms with van der Waals surface area (Å²) in [4.78, 5) is 0. The number of hydrogen-bond acceptors (Lipinski definition) is 7. The van der Waals surface area contributed by atoms with Crippen LogP contribution in [0.2, 0.25) is 0 Å². The average molecular weight is 298 g/mol. The van der Waals surface area contributed by atoms with Crippen LogP contribution in [0.25, 0.3) is 5.65 Å². The third kappa shape index (κ3) is 2.41. The van der Waals surface area contributed by atoms with Crippen molar-refractivity contribution in [2.24, 2.45) is 5.10 Å². The monoisotopic (exact) mass is 298 g/mol. The molecule has 2 aromatic heterocycles. The first kappa shape index (κ1) is 13.8. The number of aromatic hydroxyl groups is 2. The minimum Gasteiger partial charge on any atom is -0.508 e. The van der Waals surface area contributed by atoms with Crippen LogP contribution >= 0.6 is 0 Å². The first-order valence-corrected chi connectivity index (χ1v) is 6.56. The van der Waals surface area contributed by atoms with E-state index in [1.807, 2.05) is 0 Å². The Morgan fingerprint density at radius 1 is 1.14 bits per heavy atom. The van der Waals surface area contributed by atoms with Gasteiger partial charge in [-0.15, -0.1) is 15.3 Å². The van der Waals surface area contributed by atoms with E-state index in [1.165, 1.54) is 12.3 Å². The smallest absolute Gasteiger partial charge is 0.178 e. The van der Waals surface area contributed by atoms with Crippen LogP contribution in [0, 0.1) is 13.8 Å². The van der Waals surface area contributed by atoms with Gasteiger partial charge in [-0.25, -0.2) is 0 Å². The standard InChI is InChI=1S/C14H14N6O2/c1-8-11(21)4-3-10(14(8)22)7-15-17-12-5-6-13-18-16-9(2)20(13)19-12/h3-7,21-22H,1-2H3,(H,17,19). The summed E-state index contributed by atoms with van der Waals surface area (Å²) in [6, 6.07) is 6.57. The summed E-state index contributed by atoms with van der Waals surface area (Å²) >= 11 is 0. The highest BCUT2D eigenvalue weighted by atomic mass is 16.3. The van der Waals surface area contributed by atoms with E-state index in [2.05, 4.69) is 25.8 Å². The number of hydrazone groups is 1. The maximum atomic E-state index is 9.91. The van der Waals surface area contributed by atoms with Gasteiger partial charge in [0.25, 0.3) is 0 Å². The molecule has 0 saturated heterocycles. The molecule has 3 aromatic rings. The van der Waals surface area contributed by atoms with Gasteiger partial charge in [0.05, 0.1) is 6.21 Å². The summed E-state index contributed by atoms with van der Waals surface area (Å²) in [5, 5.41) is 35.6. The molecule has 8 heteroatoms. The number of aromatic nitrogens is 4. The number of hydrogen-bond donors (Lipinski definition) is 3. The highest BCUT2D eigenvalue weighted by Crippen LogP contribution is 2.28. The second-order valence-electron chi connectivity index (χ2n) is 4.75. The fourth-order valence-electron chi connectivity index (χ4n) is 1.94. The van der Waals surface area contributed by atoms with Crippen LogP contribution in [0.3, 0.4) is 0 Å². The van der Waals surface area contributed by atoms with Crippen LogP contribution in [0.4, 0.5) is 5.82 Å². The number of benzene rings is 1. The topological polar surface area (TPSA) is 108 Å². The lowest BCUT2D eigenvalue weighted by molar-refractivity contribution is 0.443. The minimum atomic E-state index is -0.0105. The Balaban J connectivity index is 1.81. The zero-order valence-electron chi connectivity index (χ0n) is 12.0. The van der Waals surface area contributed by atoms with Crippen molar-refractivity contribution >= 4 is 17.7 Å². The molecule has 3 N–H and O–H groups in total. The van der Waals surface area contributed by atoms with E-state index >= 15 is 0 Å². The molecule has 112 valence electrons. The van der Waals surface area contributed by atoms with Gasteiger partial charge in [-0.05, 0) is 38.1 Å². The van der Waals surface area contributed by atoms with Crippen molar-refractivity contribution in [3.63, 3.8) is 0 Å². The number of nitrogens with one attached hydrogen (secondary N) is 1. The van der Waals surface area contributed by atoms with Crippen LogP contribution in [-0.4, -0.2) is 36.2 Å². The second-order valence-corrected chi connectivity index (χ2v) is 4.75. The molecule has 0 saturated carbocycles. The fraction of sp³-hybridized carbons (Fsp3) is 0.143. The number of phenolic OH excluding ortho intramolecular Hbond substituents is 2. The molecule has 0 spiro atoms. The summed E-state index contributed by atoms with van der Waals surface area (Å²) in [7, 11) is 0. The molecule has 0 radical (unpaired) electrons. The van der Waals surface area contributed by atoms with Crippen LogP contribution < -0.4 is 5.43 Å². The molecule has 0 atom stereocenters. The number of aryl methyl sites for hydroxylation is 1. The van der Waals surface area contributed by atoms with E-state index < -0.39 is 0 Å². The molecule has 0 amide bonds. The summed E-state index contributed by atoms with van der Waals surface area (Å²) in [5.41, 5.74) is 4.32. The van der Waals surface area contributed by atoms with E-state index in [1.54, 1.807) is 36.6 Å². The Kier molecular flexibility index (Phi) is 3.34. The van der Waals surface area contributed by atoms with Crippen molar-refractivity contribution in [3.8, 4) is 11.5 Å². The molecular formula is C14H14N6O2. The molecule has 0 aliphatic rings. The first-order chi connectivity index (χ1) is 10.6. The summed E-state index contributed by atoms with van der Waals surface area (Å²) in [6.07, 6.45) is 1.45. The van der Waals surface area contributed by atoms with E-state index in [9.17, 15) is 10.2 Å². The van der Waals surface area contributed by atoms with Crippen LogP contribution in [0.1, 0.15) is 17.0 Å². The summed E-state index contributed by atoms with van der Waals surface area (Å²) in [5.74, 6) is 1.22. The summed E-state index contributed by atoms with van der Waals surface area (Å²) in [6.45, 7) is 3.43. The Hall–Kier alpha value is -3.16. The van der Waals surface area contributed by atoms with Gasteiger partial charge < -0.3 is 10.2 Å². The molecule has 2 heterocycles. The maximum Gasteiger partial charge on any atom is 0.178 e. The predicted octanol–water partition coefficient (Wildman–Crippen LogP) is 1.60. The molecule has 0 aliphatic carbocycles. The Bertz CT molecular complexity index is 871. The van der Waals surface area contributed by atoms with Gasteiger partial charge in [0, 0.05) is 11.1 Å². The van der Waals surface area contributed by atoms with Gasteiger partial charge in [0.15, 0.2) is 17.3 Å². The van der Waals surface area contributed by atoms with Gasteiger partial charge in [-0.1, -0.05) is 0 Å². The number of nitrogens with zero attached hydrogens (tertiary/aromatic N) is 5. The average Bonchev–Trinajstić information content (AvgIpc) is 2.88. The maximum absolute atomic E-state index is 9.91. The molecule has 0 aliphatic heterocycles. The summed E-state index contributed by atoms with van der Waals surface area (Å²) < 4.78 is 1.60. The fourth-order valence-corrected chi connectivity index (χ4v) is 1.94. The van der Waals surface area contributed by atoms with Crippen LogP contribution in [0.15, 0.2) is 29.4 Å². The van der Waals surface area contributed by atoms with Crippen molar-refractivity contribution in [3.05, 3.63) is 41.2 Å². The number of rotatable bonds is 3. The van der Waals surface area contributed by atoms with E-state index in [0.717, 1.165) is 0 Å².